The zero-order valence-corrected chi connectivity index (χ0v) is 19.2. The second kappa shape index (κ2) is 12.4. The number of rotatable bonds is 8. The van der Waals surface area contributed by atoms with Crippen LogP contribution in [0, 0.1) is 5.92 Å². The zero-order valence-electron chi connectivity index (χ0n) is 16.1. The highest BCUT2D eigenvalue weighted by Crippen LogP contribution is 2.16. The van der Waals surface area contributed by atoms with E-state index in [0.717, 1.165) is 38.4 Å². The van der Waals surface area contributed by atoms with Crippen LogP contribution in [0.4, 0.5) is 0 Å². The monoisotopic (exact) mass is 498 g/mol. The quantitative estimate of drug-likeness (QED) is 0.332. The molecule has 1 aliphatic heterocycles. The Balaban J connectivity index is 0.00000261. The molecule has 0 amide bonds. The van der Waals surface area contributed by atoms with Gasteiger partial charge in [0.2, 0.25) is 0 Å². The van der Waals surface area contributed by atoms with Crippen molar-refractivity contribution >= 4 is 41.3 Å². The Bertz CT molecular complexity index is 660. The molecule has 1 atom stereocenters. The maximum absolute atomic E-state index is 4.35. The van der Waals surface area contributed by atoms with Crippen LogP contribution < -0.4 is 10.6 Å². The van der Waals surface area contributed by atoms with E-state index in [-0.39, 0.29) is 24.0 Å². The lowest BCUT2D eigenvalue weighted by Gasteiger charge is -2.17. The van der Waals surface area contributed by atoms with Crippen LogP contribution in [0.15, 0.2) is 52.8 Å². The molecule has 27 heavy (non-hydrogen) atoms. The third kappa shape index (κ3) is 7.79. The van der Waals surface area contributed by atoms with Gasteiger partial charge in [0.05, 0.1) is 0 Å². The molecule has 1 aromatic heterocycles. The first-order valence-electron chi connectivity index (χ1n) is 9.56. The molecule has 1 aromatic carbocycles. The maximum Gasteiger partial charge on any atom is 0.190 e. The molecule has 3 rings (SSSR count). The molecular weight excluding hydrogens is 467 g/mol. The van der Waals surface area contributed by atoms with Crippen molar-refractivity contribution in [1.29, 1.82) is 0 Å². The van der Waals surface area contributed by atoms with E-state index in [2.05, 4.69) is 68.4 Å². The van der Waals surface area contributed by atoms with Gasteiger partial charge in [0.15, 0.2) is 5.96 Å². The first-order chi connectivity index (χ1) is 12.8. The molecule has 0 aliphatic carbocycles. The SMILES string of the molecule is CN=C(NCCc1cccs1)NCC1CCN(CCc2ccccc2)C1.I. The molecule has 2 aromatic rings. The summed E-state index contributed by atoms with van der Waals surface area (Å²) in [6, 6.07) is 15.1. The molecule has 0 saturated carbocycles. The fraction of sp³-hybridized carbons (Fsp3) is 0.476. The topological polar surface area (TPSA) is 39.7 Å². The van der Waals surface area contributed by atoms with Crippen molar-refractivity contribution in [3.05, 3.63) is 58.3 Å². The summed E-state index contributed by atoms with van der Waals surface area (Å²) in [4.78, 5) is 8.35. The van der Waals surface area contributed by atoms with E-state index < -0.39 is 0 Å². The van der Waals surface area contributed by atoms with Crippen molar-refractivity contribution in [2.24, 2.45) is 10.9 Å². The molecule has 1 aliphatic rings. The largest absolute Gasteiger partial charge is 0.356 e. The van der Waals surface area contributed by atoms with Crippen molar-refractivity contribution in [3.8, 4) is 0 Å². The van der Waals surface area contributed by atoms with E-state index in [1.807, 2.05) is 18.4 Å². The van der Waals surface area contributed by atoms with Crippen LogP contribution in [0.25, 0.3) is 0 Å². The molecule has 0 spiro atoms. The van der Waals surface area contributed by atoms with Crippen LogP contribution in [0.5, 0.6) is 0 Å². The predicted octanol–water partition coefficient (Wildman–Crippen LogP) is 3.64. The van der Waals surface area contributed by atoms with Gasteiger partial charge in [0, 0.05) is 38.1 Å². The molecule has 0 bridgehead atoms. The molecule has 6 heteroatoms. The number of likely N-dealkylation sites (tertiary alicyclic amines) is 1. The van der Waals surface area contributed by atoms with E-state index in [1.165, 1.54) is 30.0 Å². The molecule has 1 unspecified atom stereocenters. The lowest BCUT2D eigenvalue weighted by Crippen LogP contribution is -2.41. The summed E-state index contributed by atoms with van der Waals surface area (Å²) in [6.45, 7) is 5.48. The van der Waals surface area contributed by atoms with Crippen LogP contribution in [0.3, 0.4) is 0 Å². The Morgan fingerprint density at radius 3 is 2.74 bits per heavy atom. The summed E-state index contributed by atoms with van der Waals surface area (Å²) in [5.41, 5.74) is 1.43. The second-order valence-corrected chi connectivity index (χ2v) is 7.93. The van der Waals surface area contributed by atoms with Gasteiger partial charge in [-0.3, -0.25) is 4.99 Å². The number of guanidine groups is 1. The van der Waals surface area contributed by atoms with Gasteiger partial charge in [-0.15, -0.1) is 35.3 Å². The Morgan fingerprint density at radius 2 is 2.00 bits per heavy atom. The average molecular weight is 498 g/mol. The van der Waals surface area contributed by atoms with E-state index in [4.69, 9.17) is 0 Å². The van der Waals surface area contributed by atoms with E-state index >= 15 is 0 Å². The van der Waals surface area contributed by atoms with Gasteiger partial charge in [0.1, 0.15) is 0 Å². The van der Waals surface area contributed by atoms with Crippen LogP contribution in [0.1, 0.15) is 16.9 Å². The first kappa shape index (κ1) is 22.2. The van der Waals surface area contributed by atoms with Gasteiger partial charge in [0.25, 0.3) is 0 Å². The van der Waals surface area contributed by atoms with Gasteiger partial charge in [-0.05, 0) is 48.7 Å². The van der Waals surface area contributed by atoms with Crippen molar-refractivity contribution in [2.75, 3.05) is 39.8 Å². The standard InChI is InChI=1S/C21H30N4S.HI/c1-22-21(23-12-9-20-8-5-15-26-20)24-16-19-11-14-25(17-19)13-10-18-6-3-2-4-7-18;/h2-8,15,19H,9-14,16-17H2,1H3,(H2,22,23,24);1H. The fourth-order valence-electron chi connectivity index (χ4n) is 3.44. The minimum atomic E-state index is 0. The van der Waals surface area contributed by atoms with Gasteiger partial charge in [-0.1, -0.05) is 36.4 Å². The van der Waals surface area contributed by atoms with Crippen LogP contribution in [-0.4, -0.2) is 50.6 Å². The molecule has 0 radical (unpaired) electrons. The van der Waals surface area contributed by atoms with Crippen molar-refractivity contribution in [1.82, 2.24) is 15.5 Å². The lowest BCUT2D eigenvalue weighted by molar-refractivity contribution is 0.328. The molecule has 1 fully saturated rings. The van der Waals surface area contributed by atoms with E-state index in [0.29, 0.717) is 5.92 Å². The Hall–Kier alpha value is -1.12. The Labute approximate surface area is 184 Å². The molecule has 1 saturated heterocycles. The highest BCUT2D eigenvalue weighted by molar-refractivity contribution is 14.0. The van der Waals surface area contributed by atoms with Crippen LogP contribution >= 0.6 is 35.3 Å². The Morgan fingerprint density at radius 1 is 1.15 bits per heavy atom. The summed E-state index contributed by atoms with van der Waals surface area (Å²) in [5, 5.41) is 9.05. The van der Waals surface area contributed by atoms with Crippen LogP contribution in [0.2, 0.25) is 0 Å². The van der Waals surface area contributed by atoms with Gasteiger partial charge < -0.3 is 15.5 Å². The normalized spacial score (nSPS) is 17.5. The number of benzene rings is 1. The smallest absolute Gasteiger partial charge is 0.190 e. The third-order valence-electron chi connectivity index (χ3n) is 4.96. The van der Waals surface area contributed by atoms with Gasteiger partial charge >= 0.3 is 0 Å². The molecule has 148 valence electrons. The van der Waals surface area contributed by atoms with Crippen molar-refractivity contribution in [2.45, 2.75) is 19.3 Å². The highest BCUT2D eigenvalue weighted by atomic mass is 127. The summed E-state index contributed by atoms with van der Waals surface area (Å²) >= 11 is 1.81. The minimum Gasteiger partial charge on any atom is -0.356 e. The number of aliphatic imine (C=N–C) groups is 1. The number of halogens is 1. The zero-order chi connectivity index (χ0) is 18.0. The number of nitrogens with zero attached hydrogens (tertiary/aromatic N) is 2. The average Bonchev–Trinajstić information content (AvgIpc) is 3.35. The summed E-state index contributed by atoms with van der Waals surface area (Å²) < 4.78 is 0. The number of nitrogens with one attached hydrogen (secondary N) is 2. The fourth-order valence-corrected chi connectivity index (χ4v) is 4.14. The van der Waals surface area contributed by atoms with Gasteiger partial charge in [-0.2, -0.15) is 0 Å². The van der Waals surface area contributed by atoms with Crippen molar-refractivity contribution < 1.29 is 0 Å². The maximum atomic E-state index is 4.35. The Kier molecular flexibility index (Phi) is 10.2. The first-order valence-corrected chi connectivity index (χ1v) is 10.4. The predicted molar refractivity (Wildman–Crippen MR) is 127 cm³/mol. The van der Waals surface area contributed by atoms with E-state index in [1.54, 1.807) is 0 Å². The summed E-state index contributed by atoms with van der Waals surface area (Å²) in [6.07, 6.45) is 3.47. The van der Waals surface area contributed by atoms with E-state index in [9.17, 15) is 0 Å². The van der Waals surface area contributed by atoms with Crippen LogP contribution in [-0.2, 0) is 12.8 Å². The molecule has 4 nitrogen and oxygen atoms in total. The molecular formula is C21H31IN4S. The minimum absolute atomic E-state index is 0. The second-order valence-electron chi connectivity index (χ2n) is 6.90. The number of hydrogen-bond donors (Lipinski definition) is 2. The molecule has 2 N–H and O–H groups in total. The van der Waals surface area contributed by atoms with Crippen molar-refractivity contribution in [3.63, 3.8) is 0 Å². The number of thiophene rings is 1. The molecule has 2 heterocycles. The summed E-state index contributed by atoms with van der Waals surface area (Å²) in [7, 11) is 1.85. The van der Waals surface area contributed by atoms with Gasteiger partial charge in [-0.25, -0.2) is 0 Å². The number of hydrogen-bond acceptors (Lipinski definition) is 3. The summed E-state index contributed by atoms with van der Waals surface area (Å²) in [5.74, 6) is 1.63. The highest BCUT2D eigenvalue weighted by Gasteiger charge is 2.22. The lowest BCUT2D eigenvalue weighted by atomic mass is 10.1. The third-order valence-corrected chi connectivity index (χ3v) is 5.89.